The highest BCUT2D eigenvalue weighted by Gasteiger charge is 2.74. The van der Waals surface area contributed by atoms with Crippen LogP contribution in [0.3, 0.4) is 0 Å². The molecule has 2 saturated carbocycles. The first-order chi connectivity index (χ1) is 9.82. The smallest absolute Gasteiger partial charge is 0.335 e. The van der Waals surface area contributed by atoms with E-state index in [2.05, 4.69) is 13.8 Å². The van der Waals surface area contributed by atoms with Crippen molar-refractivity contribution in [1.82, 2.24) is 4.73 Å². The molecular weight excluding hydrogens is 286 g/mol. The summed E-state index contributed by atoms with van der Waals surface area (Å²) in [7, 11) is 0. The minimum atomic E-state index is -1.03. The number of rotatable bonds is 3. The molecule has 21 heavy (non-hydrogen) atoms. The molecule has 0 aliphatic heterocycles. The summed E-state index contributed by atoms with van der Waals surface area (Å²) in [5, 5.41) is 0. The van der Waals surface area contributed by atoms with Gasteiger partial charge in [-0.2, -0.15) is 4.73 Å². The van der Waals surface area contributed by atoms with E-state index in [1.54, 1.807) is 31.3 Å². The Labute approximate surface area is 129 Å². The quantitative estimate of drug-likeness (QED) is 0.636. The zero-order chi connectivity index (χ0) is 15.4. The van der Waals surface area contributed by atoms with E-state index in [0.717, 1.165) is 6.42 Å². The van der Waals surface area contributed by atoms with Gasteiger partial charge in [-0.1, -0.05) is 32.1 Å². The fourth-order valence-electron chi connectivity index (χ4n) is 3.74. The molecule has 2 aliphatic rings. The van der Waals surface area contributed by atoms with Crippen LogP contribution < -0.4 is 4.84 Å². The third kappa shape index (κ3) is 1.90. The van der Waals surface area contributed by atoms with Gasteiger partial charge in [-0.3, -0.25) is 4.79 Å². The Kier molecular flexibility index (Phi) is 3.10. The lowest BCUT2D eigenvalue weighted by atomic mass is 9.83. The van der Waals surface area contributed by atoms with Gasteiger partial charge in [-0.15, -0.1) is 0 Å². The van der Waals surface area contributed by atoms with E-state index in [1.807, 2.05) is 0 Å². The molecule has 0 bridgehead atoms. The van der Waals surface area contributed by atoms with Crippen molar-refractivity contribution in [3.05, 3.63) is 29.0 Å². The lowest BCUT2D eigenvalue weighted by Crippen LogP contribution is -2.41. The molecular formula is C16H19NO3S. The zero-order valence-corrected chi connectivity index (χ0v) is 13.3. The Balaban J connectivity index is 1.87. The number of fused-ring (bicyclic) bond motifs is 1. The molecule has 3 rings (SSSR count). The van der Waals surface area contributed by atoms with Crippen molar-refractivity contribution in [3.63, 3.8) is 0 Å². The Morgan fingerprint density at radius 2 is 2.19 bits per heavy atom. The normalized spacial score (nSPS) is 33.9. The molecule has 0 radical (unpaired) electrons. The monoisotopic (exact) mass is 305 g/mol. The largest absolute Gasteiger partial charge is 0.346 e. The summed E-state index contributed by atoms with van der Waals surface area (Å²) < 4.78 is 1.67. The summed E-state index contributed by atoms with van der Waals surface area (Å²) >= 11 is 5.11. The predicted molar refractivity (Wildman–Crippen MR) is 80.0 cm³/mol. The van der Waals surface area contributed by atoms with Crippen LogP contribution in [0.4, 0.5) is 0 Å². The van der Waals surface area contributed by atoms with E-state index in [-0.39, 0.29) is 17.1 Å². The van der Waals surface area contributed by atoms with E-state index in [9.17, 15) is 9.59 Å². The van der Waals surface area contributed by atoms with Crippen LogP contribution in [0.5, 0.6) is 0 Å². The Hall–Kier alpha value is -1.49. The van der Waals surface area contributed by atoms with Gasteiger partial charge < -0.3 is 4.84 Å². The Bertz CT molecular complexity index is 680. The Morgan fingerprint density at radius 3 is 2.76 bits per heavy atom. The highest BCUT2D eigenvalue weighted by molar-refractivity contribution is 7.71. The molecule has 2 aliphatic carbocycles. The molecule has 0 aromatic carbocycles. The van der Waals surface area contributed by atoms with Gasteiger partial charge in [0, 0.05) is 12.6 Å². The number of aromatic nitrogens is 1. The van der Waals surface area contributed by atoms with Crippen molar-refractivity contribution < 1.29 is 14.4 Å². The van der Waals surface area contributed by atoms with Crippen molar-refractivity contribution in [2.24, 2.45) is 22.7 Å². The standard InChI is InChI=1S/C16H19NO3S/c1-10(2)16-8-11(16)15(3,12(18)9-16)14(19)20-17-7-5-4-6-13(17)21/h4-7,10-11H,8-9H2,1-3H3/t11-,15+,16-/m0/s1. The molecule has 0 spiro atoms. The minimum absolute atomic E-state index is 0.0000931. The topological polar surface area (TPSA) is 48.3 Å². The average Bonchev–Trinajstić information content (AvgIpc) is 3.11. The first-order valence-electron chi connectivity index (χ1n) is 7.26. The van der Waals surface area contributed by atoms with Crippen molar-refractivity contribution in [3.8, 4) is 0 Å². The van der Waals surface area contributed by atoms with Gasteiger partial charge in [0.05, 0.1) is 0 Å². The minimum Gasteiger partial charge on any atom is -0.335 e. The second kappa shape index (κ2) is 4.50. The average molecular weight is 305 g/mol. The number of hydrogen-bond donors (Lipinski definition) is 0. The van der Waals surface area contributed by atoms with E-state index in [1.165, 1.54) is 4.73 Å². The molecule has 0 amide bonds. The van der Waals surface area contributed by atoms with E-state index in [4.69, 9.17) is 17.1 Å². The van der Waals surface area contributed by atoms with Crippen molar-refractivity contribution in [1.29, 1.82) is 0 Å². The third-order valence-corrected chi connectivity index (χ3v) is 5.74. The summed E-state index contributed by atoms with van der Waals surface area (Å²) in [6.45, 7) is 5.97. The number of ketones is 1. The fourth-order valence-corrected chi connectivity index (χ4v) is 3.92. The van der Waals surface area contributed by atoms with Crippen molar-refractivity contribution in [2.75, 3.05) is 0 Å². The third-order valence-electron chi connectivity index (χ3n) is 5.43. The molecule has 2 fully saturated rings. The second-order valence-electron chi connectivity index (χ2n) is 6.69. The molecule has 1 aromatic heterocycles. The number of pyridine rings is 1. The van der Waals surface area contributed by atoms with Crippen LogP contribution in [0.25, 0.3) is 0 Å². The number of Topliss-reactive ketones (excluding diaryl/α,β-unsaturated/α-hetero) is 1. The summed E-state index contributed by atoms with van der Waals surface area (Å²) in [6, 6.07) is 5.19. The second-order valence-corrected chi connectivity index (χ2v) is 7.11. The maximum atomic E-state index is 12.6. The zero-order valence-electron chi connectivity index (χ0n) is 12.5. The molecule has 4 nitrogen and oxygen atoms in total. The van der Waals surface area contributed by atoms with E-state index < -0.39 is 11.4 Å². The predicted octanol–water partition coefficient (Wildman–Crippen LogP) is 2.81. The van der Waals surface area contributed by atoms with Gasteiger partial charge in [0.25, 0.3) is 0 Å². The molecule has 0 unspecified atom stereocenters. The first kappa shape index (κ1) is 14.4. The van der Waals surface area contributed by atoms with Crippen LogP contribution in [0.2, 0.25) is 0 Å². The van der Waals surface area contributed by atoms with Crippen LogP contribution in [0.1, 0.15) is 33.6 Å². The maximum Gasteiger partial charge on any atom is 0.346 e. The van der Waals surface area contributed by atoms with Gasteiger partial charge >= 0.3 is 5.97 Å². The molecule has 1 heterocycles. The van der Waals surface area contributed by atoms with Gasteiger partial charge in [0.1, 0.15) is 10.1 Å². The molecule has 112 valence electrons. The highest BCUT2D eigenvalue weighted by Crippen LogP contribution is 2.72. The van der Waals surface area contributed by atoms with Crippen LogP contribution in [0, 0.1) is 27.3 Å². The lowest BCUT2D eigenvalue weighted by molar-refractivity contribution is -0.160. The fraction of sp³-hybridized carbons (Fsp3) is 0.562. The molecule has 3 atom stereocenters. The summed E-state index contributed by atoms with van der Waals surface area (Å²) in [5.41, 5.74) is -1.03. The van der Waals surface area contributed by atoms with E-state index in [0.29, 0.717) is 17.0 Å². The Morgan fingerprint density at radius 1 is 1.48 bits per heavy atom. The molecule has 0 saturated heterocycles. The van der Waals surface area contributed by atoms with Crippen LogP contribution in [0.15, 0.2) is 24.4 Å². The number of nitrogens with zero attached hydrogens (tertiary/aromatic N) is 1. The van der Waals surface area contributed by atoms with Crippen molar-refractivity contribution >= 4 is 24.0 Å². The lowest BCUT2D eigenvalue weighted by Gasteiger charge is -2.22. The summed E-state index contributed by atoms with van der Waals surface area (Å²) in [4.78, 5) is 30.4. The highest BCUT2D eigenvalue weighted by atomic mass is 32.1. The van der Waals surface area contributed by atoms with Crippen molar-refractivity contribution in [2.45, 2.75) is 33.6 Å². The summed E-state index contributed by atoms with van der Waals surface area (Å²) in [6.07, 6.45) is 3.01. The van der Waals surface area contributed by atoms with E-state index >= 15 is 0 Å². The van der Waals surface area contributed by atoms with Gasteiger partial charge in [0.15, 0.2) is 5.78 Å². The molecule has 0 N–H and O–H groups in total. The maximum absolute atomic E-state index is 12.6. The van der Waals surface area contributed by atoms with Gasteiger partial charge in [-0.05, 0) is 42.7 Å². The van der Waals surface area contributed by atoms with Crippen LogP contribution in [-0.4, -0.2) is 16.5 Å². The van der Waals surface area contributed by atoms with Crippen LogP contribution >= 0.6 is 12.2 Å². The number of carbonyl (C=O) groups is 2. The number of hydrogen-bond acceptors (Lipinski definition) is 4. The first-order valence-corrected chi connectivity index (χ1v) is 7.67. The summed E-state index contributed by atoms with van der Waals surface area (Å²) in [5.74, 6) is 0.0163. The van der Waals surface area contributed by atoms with Gasteiger partial charge in [0.2, 0.25) is 0 Å². The number of carbonyl (C=O) groups excluding carboxylic acids is 2. The SMILES string of the molecule is CC(C)[C@]12CC(=O)[C@](C)(C(=O)On3ccccc3=S)[C@@H]1C2. The van der Waals surface area contributed by atoms with Gasteiger partial charge in [-0.25, -0.2) is 4.79 Å². The molecule has 1 aromatic rings. The van der Waals surface area contributed by atoms with Crippen LogP contribution in [-0.2, 0) is 9.59 Å². The molecule has 5 heteroatoms.